The van der Waals surface area contributed by atoms with Crippen LogP contribution in [0.25, 0.3) is 0 Å². The topological polar surface area (TPSA) is 0 Å². The average molecular weight is 625 g/mol. The fourth-order valence-corrected chi connectivity index (χ4v) is 0. The van der Waals surface area contributed by atoms with E-state index in [1.807, 2.05) is 0 Å². The van der Waals surface area contributed by atoms with Crippen molar-refractivity contribution in [2.45, 2.75) is 0 Å². The van der Waals surface area contributed by atoms with Gasteiger partial charge < -0.3 is 23.3 Å². The molecule has 0 nitrogen and oxygen atoms in total. The second kappa shape index (κ2) is 39.4. The van der Waals surface area contributed by atoms with Crippen LogP contribution in [0, 0.1) is 0 Å². The van der Waals surface area contributed by atoms with Gasteiger partial charge in [0.25, 0.3) is 0 Å². The molecule has 6 heavy (non-hydrogen) atoms. The van der Waals surface area contributed by atoms with Crippen LogP contribution in [0.2, 0.25) is 0 Å². The van der Waals surface area contributed by atoms with Gasteiger partial charge in [-0.3, -0.25) is 0 Å². The van der Waals surface area contributed by atoms with Gasteiger partial charge in [-0.05, 0) is 0 Å². The van der Waals surface area contributed by atoms with Crippen molar-refractivity contribution in [2.75, 3.05) is 0 Å². The third-order valence-electron chi connectivity index (χ3n) is 0. The predicted octanol–water partition coefficient (Wildman–Crippen LogP) is 0.368. The van der Waals surface area contributed by atoms with Crippen LogP contribution in [0.3, 0.4) is 0 Å². The molecule has 0 aromatic carbocycles. The second-order valence-corrected chi connectivity index (χ2v) is 0. The van der Waals surface area contributed by atoms with Gasteiger partial charge in [0.2, 0.25) is 0 Å². The van der Waals surface area contributed by atoms with E-state index in [9.17, 15) is 0 Å². The summed E-state index contributed by atoms with van der Waals surface area (Å²) in [5.74, 6) is 0. The Balaban J connectivity index is -0.000000000833. The van der Waals surface area contributed by atoms with Crippen LogP contribution in [0.15, 0.2) is 0 Å². The van der Waals surface area contributed by atoms with E-state index < -0.39 is 0 Å². The van der Waals surface area contributed by atoms with Crippen molar-refractivity contribution in [1.82, 2.24) is 0 Å². The molecular weight excluding hydrogens is 624 g/mol. The Morgan fingerprint density at radius 2 is 0.833 bits per heavy atom. The summed E-state index contributed by atoms with van der Waals surface area (Å²) in [6.07, 6.45) is 0. The Hall–Kier alpha value is 3.45. The molecule has 38 valence electrons. The minimum absolute atomic E-state index is 0. The van der Waals surface area contributed by atoms with Crippen LogP contribution < -0.4 is 0 Å². The van der Waals surface area contributed by atoms with Crippen LogP contribution in [0.1, 0.15) is 0 Å². The summed E-state index contributed by atoms with van der Waals surface area (Å²) in [6.45, 7) is 0. The van der Waals surface area contributed by atoms with Crippen LogP contribution in [0.4, 0.5) is 0 Å². The molecule has 0 atom stereocenters. The van der Waals surface area contributed by atoms with Crippen LogP contribution in [-0.4, -0.2) is 0 Å². The maximum atomic E-state index is 3.78. The van der Waals surface area contributed by atoms with Gasteiger partial charge in [-0.1, -0.05) is 0 Å². The summed E-state index contributed by atoms with van der Waals surface area (Å²) in [5, 5.41) is 0. The first kappa shape index (κ1) is 34.1. The smallest absolute Gasteiger partial charge is 0 e. The Labute approximate surface area is 106 Å². The fourth-order valence-electron chi connectivity index (χ4n) is 0. The van der Waals surface area contributed by atoms with E-state index in [0.29, 0.717) is 0 Å². The molecule has 0 aliphatic carbocycles. The van der Waals surface area contributed by atoms with Crippen molar-refractivity contribution in [2.24, 2.45) is 0 Å². The number of hydrogen-bond donors (Lipinski definition) is 1. The summed E-state index contributed by atoms with van der Waals surface area (Å²) >= 11 is 6.89. The normalized spacial score (nSPS) is 1.00. The number of thiol groups is 1. The first-order chi connectivity index (χ1) is 1.00. The van der Waals surface area contributed by atoms with Crippen molar-refractivity contribution in [1.29, 1.82) is 0 Å². The molecule has 6 heteroatoms. The molecule has 0 aliphatic heterocycles. The summed E-state index contributed by atoms with van der Waals surface area (Å²) in [7, 11) is 0. The molecule has 0 saturated carbocycles. The summed E-state index contributed by atoms with van der Waals surface area (Å²) in [6, 6.07) is 0. The van der Waals surface area contributed by atoms with E-state index in [1.54, 1.807) is 0 Å². The predicted molar refractivity (Wildman–Crippen MR) is 16.4 cm³/mol. The molecule has 0 unspecified atom stereocenters. The van der Waals surface area contributed by atoms with Gasteiger partial charge in [0, 0.05) is 84.3 Å². The average Bonchev–Trinajstić information content (AvgIpc) is 1.00. The molecular formula is HMo2S2W2-. The minimum Gasteiger partial charge on any atom is -0.723 e. The Bertz CT molecular complexity index is 9.51. The SMILES string of the molecule is [Mo].[Mo].[S-]S.[W].[W]. The van der Waals surface area contributed by atoms with Gasteiger partial charge in [0.15, 0.2) is 0 Å². The van der Waals surface area contributed by atoms with Crippen molar-refractivity contribution in [3.63, 3.8) is 0 Å². The summed E-state index contributed by atoms with van der Waals surface area (Å²) in [5.41, 5.74) is 0. The van der Waals surface area contributed by atoms with Crippen LogP contribution >= 0.6 is 11.7 Å². The zero-order valence-corrected chi connectivity index (χ0v) is 14.1. The van der Waals surface area contributed by atoms with Gasteiger partial charge in [0.05, 0.1) is 0 Å². The molecule has 0 radical (unpaired) electrons. The molecule has 0 saturated heterocycles. The van der Waals surface area contributed by atoms with Gasteiger partial charge in [0.1, 0.15) is 0 Å². The van der Waals surface area contributed by atoms with Gasteiger partial charge >= 0.3 is 0 Å². The molecule has 0 aliphatic rings. The van der Waals surface area contributed by atoms with Gasteiger partial charge in [-0.25, -0.2) is 0 Å². The van der Waals surface area contributed by atoms with E-state index in [2.05, 4.69) is 23.3 Å². The molecule has 0 amide bonds. The van der Waals surface area contributed by atoms with Crippen molar-refractivity contribution < 1.29 is 84.3 Å². The van der Waals surface area contributed by atoms with E-state index in [0.717, 1.165) is 0 Å². The third-order valence-corrected chi connectivity index (χ3v) is 0. The van der Waals surface area contributed by atoms with Crippen molar-refractivity contribution in [3.8, 4) is 0 Å². The summed E-state index contributed by atoms with van der Waals surface area (Å²) in [4.78, 5) is 0. The largest absolute Gasteiger partial charge is 0.723 e. The number of rotatable bonds is 0. The van der Waals surface area contributed by atoms with Crippen molar-refractivity contribution in [3.05, 3.63) is 0 Å². The maximum Gasteiger partial charge on any atom is 0 e. The number of hydrogen-bond acceptors (Lipinski definition) is 2. The molecule has 0 heterocycles. The second-order valence-electron chi connectivity index (χ2n) is 0. The molecule has 0 fully saturated rings. The Morgan fingerprint density at radius 1 is 0.833 bits per heavy atom. The van der Waals surface area contributed by atoms with Crippen molar-refractivity contribution >= 4 is 23.3 Å². The monoisotopic (exact) mass is 629 g/mol. The Morgan fingerprint density at radius 3 is 0.833 bits per heavy atom. The van der Waals surface area contributed by atoms with Crippen LogP contribution in [-0.2, 0) is 95.9 Å². The molecule has 0 spiro atoms. The van der Waals surface area contributed by atoms with E-state index >= 15 is 0 Å². The van der Waals surface area contributed by atoms with Gasteiger partial charge in [-0.15, -0.1) is 0 Å². The first-order valence-electron chi connectivity index (χ1n) is 0.183. The fraction of sp³-hybridized carbons (Fsp3) is 0. The Kier molecular flexibility index (Phi) is 224. The minimum atomic E-state index is 0. The molecule has 0 N–H and O–H groups in total. The van der Waals surface area contributed by atoms with Gasteiger partial charge in [-0.2, -0.15) is 0 Å². The quantitative estimate of drug-likeness (QED) is 0.176. The molecule has 0 bridgehead atoms. The third kappa shape index (κ3) is 26.0. The zero-order chi connectivity index (χ0) is 2.00. The maximum absolute atomic E-state index is 3.78. The van der Waals surface area contributed by atoms with Crippen LogP contribution in [0.5, 0.6) is 0 Å². The first-order valence-corrected chi connectivity index (χ1v) is 1.64. The van der Waals surface area contributed by atoms with E-state index in [1.165, 1.54) is 0 Å². The van der Waals surface area contributed by atoms with E-state index in [4.69, 9.17) is 0 Å². The molecule has 0 rings (SSSR count). The molecule has 0 aromatic heterocycles. The van der Waals surface area contributed by atoms with E-state index in [-0.39, 0.29) is 84.3 Å². The molecule has 0 aromatic rings. The standard InChI is InChI=1S/2Mo.H2S2.2W/c;;1-2;;/h;;1-2H;;/p-1. The summed E-state index contributed by atoms with van der Waals surface area (Å²) < 4.78 is 0. The zero-order valence-electron chi connectivity index (χ0n) is 2.49.